The number of rotatable bonds is 6. The number of hydrogen-bond acceptors (Lipinski definition) is 4. The second kappa shape index (κ2) is 8.04. The molecule has 1 atom stereocenters. The summed E-state index contributed by atoms with van der Waals surface area (Å²) >= 11 is 0. The SMILES string of the molecule is O=C(NCc1cccc(-n2cccn2)c1)[C@H]1CC(=O)N(Cc2ccncc2)C1. The summed E-state index contributed by atoms with van der Waals surface area (Å²) in [4.78, 5) is 30.5. The molecule has 0 radical (unpaired) electrons. The van der Waals surface area contributed by atoms with Crippen LogP contribution < -0.4 is 5.32 Å². The van der Waals surface area contributed by atoms with Crippen molar-refractivity contribution in [1.82, 2.24) is 25.0 Å². The summed E-state index contributed by atoms with van der Waals surface area (Å²) in [5.74, 6) is -0.392. The van der Waals surface area contributed by atoms with Crippen molar-refractivity contribution in [3.8, 4) is 5.69 Å². The second-order valence-electron chi connectivity index (χ2n) is 6.87. The van der Waals surface area contributed by atoms with Gasteiger partial charge in [0.2, 0.25) is 11.8 Å². The van der Waals surface area contributed by atoms with Crippen LogP contribution in [-0.4, -0.2) is 38.0 Å². The number of pyridine rings is 1. The van der Waals surface area contributed by atoms with Crippen molar-refractivity contribution in [3.63, 3.8) is 0 Å². The third kappa shape index (κ3) is 4.09. The molecule has 1 N–H and O–H groups in total. The second-order valence-corrected chi connectivity index (χ2v) is 6.87. The van der Waals surface area contributed by atoms with E-state index in [9.17, 15) is 9.59 Å². The average molecular weight is 375 g/mol. The minimum Gasteiger partial charge on any atom is -0.352 e. The summed E-state index contributed by atoms with van der Waals surface area (Å²) in [6, 6.07) is 13.5. The molecule has 2 amide bonds. The van der Waals surface area contributed by atoms with Gasteiger partial charge in [0.05, 0.1) is 11.6 Å². The normalized spacial score (nSPS) is 16.4. The van der Waals surface area contributed by atoms with E-state index in [1.54, 1.807) is 28.2 Å². The third-order valence-electron chi connectivity index (χ3n) is 4.85. The van der Waals surface area contributed by atoms with Gasteiger partial charge in [-0.05, 0) is 41.5 Å². The molecule has 1 aliphatic rings. The maximum Gasteiger partial charge on any atom is 0.225 e. The molecule has 0 unspecified atom stereocenters. The number of carbonyl (C=O) groups is 2. The number of likely N-dealkylation sites (tertiary alicyclic amines) is 1. The Morgan fingerprint density at radius 3 is 2.75 bits per heavy atom. The van der Waals surface area contributed by atoms with Gasteiger partial charge < -0.3 is 10.2 Å². The molecule has 1 aliphatic heterocycles. The molecule has 4 rings (SSSR count). The first-order valence-corrected chi connectivity index (χ1v) is 9.22. The van der Waals surface area contributed by atoms with Gasteiger partial charge in [-0.2, -0.15) is 5.10 Å². The van der Waals surface area contributed by atoms with Crippen LogP contribution in [0.25, 0.3) is 5.69 Å². The van der Waals surface area contributed by atoms with Crippen LogP contribution >= 0.6 is 0 Å². The Labute approximate surface area is 163 Å². The van der Waals surface area contributed by atoms with Crippen LogP contribution in [-0.2, 0) is 22.7 Å². The van der Waals surface area contributed by atoms with E-state index < -0.39 is 0 Å². The van der Waals surface area contributed by atoms with Crippen LogP contribution in [0.3, 0.4) is 0 Å². The standard InChI is InChI=1S/C21H21N5O2/c27-20-12-18(15-25(20)14-16-5-8-22-9-6-16)21(28)23-13-17-3-1-4-19(11-17)26-10-2-7-24-26/h1-11,18H,12-15H2,(H,23,28)/t18-/m0/s1. The lowest BCUT2D eigenvalue weighted by atomic mass is 10.1. The van der Waals surface area contributed by atoms with Gasteiger partial charge in [-0.3, -0.25) is 14.6 Å². The molecule has 0 saturated carbocycles. The number of aromatic nitrogens is 3. The van der Waals surface area contributed by atoms with Gasteiger partial charge in [-0.1, -0.05) is 12.1 Å². The van der Waals surface area contributed by atoms with Crippen molar-refractivity contribution in [2.45, 2.75) is 19.5 Å². The highest BCUT2D eigenvalue weighted by molar-refractivity contribution is 5.89. The lowest BCUT2D eigenvalue weighted by Crippen LogP contribution is -2.32. The van der Waals surface area contributed by atoms with Crippen molar-refractivity contribution in [2.75, 3.05) is 6.54 Å². The van der Waals surface area contributed by atoms with Gasteiger partial charge in [0.1, 0.15) is 0 Å². The number of nitrogens with zero attached hydrogens (tertiary/aromatic N) is 4. The van der Waals surface area contributed by atoms with Crippen molar-refractivity contribution in [1.29, 1.82) is 0 Å². The van der Waals surface area contributed by atoms with Gasteiger partial charge in [0, 0.05) is 50.8 Å². The van der Waals surface area contributed by atoms with E-state index in [2.05, 4.69) is 15.4 Å². The Morgan fingerprint density at radius 2 is 1.96 bits per heavy atom. The van der Waals surface area contributed by atoms with Gasteiger partial charge >= 0.3 is 0 Å². The smallest absolute Gasteiger partial charge is 0.225 e. The van der Waals surface area contributed by atoms with Crippen LogP contribution in [0.5, 0.6) is 0 Å². The molecule has 28 heavy (non-hydrogen) atoms. The van der Waals surface area contributed by atoms with Gasteiger partial charge in [0.15, 0.2) is 0 Å². The third-order valence-corrected chi connectivity index (χ3v) is 4.85. The Kier molecular flexibility index (Phi) is 5.14. The predicted molar refractivity (Wildman–Crippen MR) is 103 cm³/mol. The molecule has 0 bridgehead atoms. The average Bonchev–Trinajstić information content (AvgIpc) is 3.38. The fourth-order valence-electron chi connectivity index (χ4n) is 3.37. The number of hydrogen-bond donors (Lipinski definition) is 1. The molecular weight excluding hydrogens is 354 g/mol. The molecule has 142 valence electrons. The first-order valence-electron chi connectivity index (χ1n) is 9.22. The zero-order valence-corrected chi connectivity index (χ0v) is 15.4. The van der Waals surface area contributed by atoms with E-state index in [1.165, 1.54) is 0 Å². The minimum absolute atomic E-state index is 0.0117. The van der Waals surface area contributed by atoms with E-state index >= 15 is 0 Å². The fourth-order valence-corrected chi connectivity index (χ4v) is 3.37. The maximum atomic E-state index is 12.6. The maximum absolute atomic E-state index is 12.6. The van der Waals surface area contributed by atoms with Crippen molar-refractivity contribution in [3.05, 3.63) is 78.4 Å². The Bertz CT molecular complexity index is 956. The highest BCUT2D eigenvalue weighted by Crippen LogP contribution is 2.20. The summed E-state index contributed by atoms with van der Waals surface area (Å²) in [5.41, 5.74) is 2.94. The number of carbonyl (C=O) groups excluding carboxylic acids is 2. The van der Waals surface area contributed by atoms with Crippen LogP contribution in [0.15, 0.2) is 67.3 Å². The number of nitrogens with one attached hydrogen (secondary N) is 1. The number of benzene rings is 1. The van der Waals surface area contributed by atoms with Gasteiger partial charge in [0.25, 0.3) is 0 Å². The van der Waals surface area contributed by atoms with Crippen molar-refractivity contribution < 1.29 is 9.59 Å². The molecule has 7 nitrogen and oxygen atoms in total. The van der Waals surface area contributed by atoms with Gasteiger partial charge in [-0.15, -0.1) is 0 Å². The van der Waals surface area contributed by atoms with Crippen molar-refractivity contribution in [2.24, 2.45) is 5.92 Å². The van der Waals surface area contributed by atoms with E-state index in [1.807, 2.05) is 48.7 Å². The monoisotopic (exact) mass is 375 g/mol. The van der Waals surface area contributed by atoms with Crippen molar-refractivity contribution >= 4 is 11.8 Å². The first kappa shape index (κ1) is 17.9. The Morgan fingerprint density at radius 1 is 1.11 bits per heavy atom. The van der Waals surface area contributed by atoms with Gasteiger partial charge in [-0.25, -0.2) is 4.68 Å². The fraction of sp³-hybridized carbons (Fsp3) is 0.238. The molecule has 3 aromatic rings. The zero-order valence-electron chi connectivity index (χ0n) is 15.4. The lowest BCUT2D eigenvalue weighted by molar-refractivity contribution is -0.129. The molecule has 1 fully saturated rings. The number of amides is 2. The van der Waals surface area contributed by atoms with E-state index in [4.69, 9.17) is 0 Å². The Hall–Kier alpha value is -3.48. The zero-order chi connectivity index (χ0) is 19.3. The topological polar surface area (TPSA) is 80.1 Å². The molecular formula is C21H21N5O2. The summed E-state index contributed by atoms with van der Waals surface area (Å²) in [7, 11) is 0. The lowest BCUT2D eigenvalue weighted by Gasteiger charge is -2.16. The summed E-state index contributed by atoms with van der Waals surface area (Å²) in [6.45, 7) is 1.38. The first-order chi connectivity index (χ1) is 13.7. The van der Waals surface area contributed by atoms with E-state index in [0.717, 1.165) is 16.8 Å². The molecule has 7 heteroatoms. The minimum atomic E-state index is -0.316. The molecule has 2 aromatic heterocycles. The van der Waals surface area contributed by atoms with Crippen LogP contribution in [0, 0.1) is 5.92 Å². The Balaban J connectivity index is 1.33. The van der Waals surface area contributed by atoms with Crippen LogP contribution in [0.1, 0.15) is 17.5 Å². The largest absolute Gasteiger partial charge is 0.352 e. The highest BCUT2D eigenvalue weighted by Gasteiger charge is 2.34. The molecule has 0 aliphatic carbocycles. The molecule has 0 spiro atoms. The summed E-state index contributed by atoms with van der Waals surface area (Å²) in [6.07, 6.45) is 7.27. The highest BCUT2D eigenvalue weighted by atomic mass is 16.2. The summed E-state index contributed by atoms with van der Waals surface area (Å²) in [5, 5.41) is 7.18. The predicted octanol–water partition coefficient (Wildman–Crippen LogP) is 1.93. The molecule has 3 heterocycles. The van der Waals surface area contributed by atoms with E-state index in [-0.39, 0.29) is 24.2 Å². The van der Waals surface area contributed by atoms with Crippen LogP contribution in [0.4, 0.5) is 0 Å². The molecule has 1 saturated heterocycles. The van der Waals surface area contributed by atoms with Crippen LogP contribution in [0.2, 0.25) is 0 Å². The summed E-state index contributed by atoms with van der Waals surface area (Å²) < 4.78 is 1.78. The van der Waals surface area contributed by atoms with E-state index in [0.29, 0.717) is 19.6 Å². The molecule has 1 aromatic carbocycles. The quantitative estimate of drug-likeness (QED) is 0.714.